The first-order chi connectivity index (χ1) is 12.5. The molecular weight excluding hydrogens is 332 g/mol. The molecule has 1 N–H and O–H groups in total. The van der Waals surface area contributed by atoms with Crippen molar-refractivity contribution in [1.29, 1.82) is 0 Å². The zero-order valence-corrected chi connectivity index (χ0v) is 15.1. The molecule has 136 valence electrons. The van der Waals surface area contributed by atoms with Crippen LogP contribution in [0.4, 0.5) is 11.4 Å². The van der Waals surface area contributed by atoms with Gasteiger partial charge in [-0.25, -0.2) is 4.79 Å². The molecule has 2 aromatic carbocycles. The number of carbonyl (C=O) groups excluding carboxylic acids is 2. The molecule has 0 saturated carbocycles. The largest absolute Gasteiger partial charge is 0.497 e. The molecular formula is C20H22N2O4. The Kier molecular flexibility index (Phi) is 6.79. The number of amides is 1. The Bertz CT molecular complexity index is 783. The molecule has 6 heteroatoms. The summed E-state index contributed by atoms with van der Waals surface area (Å²) in [6.45, 7) is -0.350. The first-order valence-electron chi connectivity index (χ1n) is 8.04. The third-order valence-electron chi connectivity index (χ3n) is 3.52. The Balaban J connectivity index is 1.80. The van der Waals surface area contributed by atoms with E-state index in [1.165, 1.54) is 6.08 Å². The van der Waals surface area contributed by atoms with Crippen LogP contribution in [0.15, 0.2) is 54.6 Å². The summed E-state index contributed by atoms with van der Waals surface area (Å²) in [5, 5.41) is 2.68. The van der Waals surface area contributed by atoms with E-state index in [0.29, 0.717) is 11.4 Å². The Morgan fingerprint density at radius 1 is 1.12 bits per heavy atom. The lowest BCUT2D eigenvalue weighted by molar-refractivity contribution is -0.142. The molecule has 0 aliphatic rings. The quantitative estimate of drug-likeness (QED) is 0.612. The van der Waals surface area contributed by atoms with Gasteiger partial charge < -0.3 is 19.7 Å². The van der Waals surface area contributed by atoms with Crippen molar-refractivity contribution >= 4 is 29.3 Å². The molecule has 26 heavy (non-hydrogen) atoms. The van der Waals surface area contributed by atoms with Crippen LogP contribution in [0.3, 0.4) is 0 Å². The second-order valence-electron chi connectivity index (χ2n) is 5.71. The lowest BCUT2D eigenvalue weighted by atomic mass is 10.2. The van der Waals surface area contributed by atoms with Gasteiger partial charge in [-0.15, -0.1) is 0 Å². The van der Waals surface area contributed by atoms with Gasteiger partial charge in [-0.3, -0.25) is 4.79 Å². The second-order valence-corrected chi connectivity index (χ2v) is 5.71. The second kappa shape index (κ2) is 9.27. The average Bonchev–Trinajstić information content (AvgIpc) is 2.65. The lowest BCUT2D eigenvalue weighted by Crippen LogP contribution is -2.20. The highest BCUT2D eigenvalue weighted by atomic mass is 16.5. The Morgan fingerprint density at radius 2 is 1.85 bits per heavy atom. The molecule has 0 atom stereocenters. The molecule has 1 amide bonds. The Morgan fingerprint density at radius 3 is 2.50 bits per heavy atom. The lowest BCUT2D eigenvalue weighted by Gasteiger charge is -2.13. The molecule has 0 unspecified atom stereocenters. The molecule has 0 aliphatic carbocycles. The number of hydrogen-bond donors (Lipinski definition) is 1. The van der Waals surface area contributed by atoms with E-state index in [-0.39, 0.29) is 6.61 Å². The Hall–Kier alpha value is -3.28. The fraction of sp³-hybridized carbons (Fsp3) is 0.200. The van der Waals surface area contributed by atoms with Gasteiger partial charge >= 0.3 is 5.97 Å². The molecule has 0 spiro atoms. The third kappa shape index (κ3) is 5.98. The van der Waals surface area contributed by atoms with E-state index in [2.05, 4.69) is 5.32 Å². The predicted octanol–water partition coefficient (Wildman–Crippen LogP) is 2.96. The molecule has 6 nitrogen and oxygen atoms in total. The molecule has 0 aromatic heterocycles. The molecule has 2 aromatic rings. The molecule has 0 radical (unpaired) electrons. The van der Waals surface area contributed by atoms with Gasteiger partial charge in [-0.05, 0) is 48.0 Å². The molecule has 0 saturated heterocycles. The van der Waals surface area contributed by atoms with Gasteiger partial charge in [-0.2, -0.15) is 0 Å². The number of anilines is 2. The van der Waals surface area contributed by atoms with Crippen molar-refractivity contribution in [3.63, 3.8) is 0 Å². The fourth-order valence-electron chi connectivity index (χ4n) is 2.13. The number of nitrogens with zero attached hydrogens (tertiary/aromatic N) is 1. The van der Waals surface area contributed by atoms with E-state index >= 15 is 0 Å². The summed E-state index contributed by atoms with van der Waals surface area (Å²) in [4.78, 5) is 25.5. The van der Waals surface area contributed by atoms with Crippen LogP contribution in [-0.2, 0) is 14.3 Å². The maximum absolute atomic E-state index is 11.9. The van der Waals surface area contributed by atoms with Gasteiger partial charge in [0.1, 0.15) is 5.75 Å². The normalized spacial score (nSPS) is 10.4. The minimum absolute atomic E-state index is 0.350. The van der Waals surface area contributed by atoms with Crippen molar-refractivity contribution in [3.8, 4) is 5.75 Å². The Labute approximate surface area is 153 Å². The van der Waals surface area contributed by atoms with Gasteiger partial charge in [-0.1, -0.05) is 12.1 Å². The van der Waals surface area contributed by atoms with Gasteiger partial charge in [0.05, 0.1) is 7.11 Å². The molecule has 0 aliphatic heterocycles. The predicted molar refractivity (Wildman–Crippen MR) is 102 cm³/mol. The number of nitrogens with one attached hydrogen (secondary N) is 1. The number of rotatable bonds is 7. The van der Waals surface area contributed by atoms with Crippen LogP contribution in [0.2, 0.25) is 0 Å². The van der Waals surface area contributed by atoms with Crippen LogP contribution in [0.1, 0.15) is 5.56 Å². The van der Waals surface area contributed by atoms with Crippen LogP contribution in [0.5, 0.6) is 5.75 Å². The van der Waals surface area contributed by atoms with E-state index in [4.69, 9.17) is 9.47 Å². The monoisotopic (exact) mass is 354 g/mol. The summed E-state index contributed by atoms with van der Waals surface area (Å²) in [6.07, 6.45) is 2.87. The molecule has 0 fully saturated rings. The summed E-state index contributed by atoms with van der Waals surface area (Å²) >= 11 is 0. The van der Waals surface area contributed by atoms with Crippen molar-refractivity contribution in [2.24, 2.45) is 0 Å². The topological polar surface area (TPSA) is 67.9 Å². The SMILES string of the molecule is COc1cccc(/C=C/C(=O)OCC(=O)Nc2ccc(N(C)C)cc2)c1. The number of esters is 1. The molecule has 2 rings (SSSR count). The summed E-state index contributed by atoms with van der Waals surface area (Å²) < 4.78 is 10.1. The van der Waals surface area contributed by atoms with E-state index in [9.17, 15) is 9.59 Å². The molecule has 0 heterocycles. The highest BCUT2D eigenvalue weighted by Gasteiger charge is 2.06. The van der Waals surface area contributed by atoms with Gasteiger partial charge in [0.25, 0.3) is 5.91 Å². The number of benzene rings is 2. The summed E-state index contributed by atoms with van der Waals surface area (Å²) in [6, 6.07) is 14.6. The maximum Gasteiger partial charge on any atom is 0.331 e. The van der Waals surface area contributed by atoms with Crippen molar-refractivity contribution in [2.45, 2.75) is 0 Å². The number of ether oxygens (including phenoxy) is 2. The van der Waals surface area contributed by atoms with Crippen LogP contribution in [0, 0.1) is 0 Å². The van der Waals surface area contributed by atoms with E-state index in [1.807, 2.05) is 49.3 Å². The standard InChI is InChI=1S/C20H22N2O4/c1-22(2)17-10-8-16(9-11-17)21-19(23)14-26-20(24)12-7-15-5-4-6-18(13-15)25-3/h4-13H,14H2,1-3H3,(H,21,23)/b12-7+. The van der Waals surface area contributed by atoms with Crippen LogP contribution < -0.4 is 15.0 Å². The highest BCUT2D eigenvalue weighted by molar-refractivity contribution is 5.94. The first-order valence-corrected chi connectivity index (χ1v) is 8.04. The van der Waals surface area contributed by atoms with Crippen molar-refractivity contribution < 1.29 is 19.1 Å². The first kappa shape index (κ1) is 19.1. The van der Waals surface area contributed by atoms with Crippen molar-refractivity contribution in [3.05, 3.63) is 60.2 Å². The number of carbonyl (C=O) groups is 2. The van der Waals surface area contributed by atoms with Crippen molar-refractivity contribution in [1.82, 2.24) is 0 Å². The van der Waals surface area contributed by atoms with E-state index in [0.717, 1.165) is 11.3 Å². The minimum atomic E-state index is -0.592. The minimum Gasteiger partial charge on any atom is -0.497 e. The van der Waals surface area contributed by atoms with Crippen LogP contribution in [-0.4, -0.2) is 39.7 Å². The third-order valence-corrected chi connectivity index (χ3v) is 3.52. The van der Waals surface area contributed by atoms with Crippen molar-refractivity contribution in [2.75, 3.05) is 38.0 Å². The van der Waals surface area contributed by atoms with E-state index < -0.39 is 11.9 Å². The summed E-state index contributed by atoms with van der Waals surface area (Å²) in [7, 11) is 5.45. The summed E-state index contributed by atoms with van der Waals surface area (Å²) in [5.41, 5.74) is 2.47. The maximum atomic E-state index is 11.9. The van der Waals surface area contributed by atoms with Crippen LogP contribution in [0.25, 0.3) is 6.08 Å². The highest BCUT2D eigenvalue weighted by Crippen LogP contribution is 2.15. The number of methoxy groups -OCH3 is 1. The molecule has 0 bridgehead atoms. The zero-order chi connectivity index (χ0) is 18.9. The fourth-order valence-corrected chi connectivity index (χ4v) is 2.13. The summed E-state index contributed by atoms with van der Waals surface area (Å²) in [5.74, 6) is -0.295. The van der Waals surface area contributed by atoms with Gasteiger partial charge in [0.15, 0.2) is 6.61 Å². The van der Waals surface area contributed by atoms with Gasteiger partial charge in [0.2, 0.25) is 0 Å². The number of hydrogen-bond acceptors (Lipinski definition) is 5. The van der Waals surface area contributed by atoms with Crippen LogP contribution >= 0.6 is 0 Å². The van der Waals surface area contributed by atoms with Gasteiger partial charge in [0, 0.05) is 31.5 Å². The van der Waals surface area contributed by atoms with E-state index in [1.54, 1.807) is 31.4 Å². The zero-order valence-electron chi connectivity index (χ0n) is 15.1. The smallest absolute Gasteiger partial charge is 0.331 e. The average molecular weight is 354 g/mol.